The molecule has 0 aliphatic rings. The summed E-state index contributed by atoms with van der Waals surface area (Å²) in [5.74, 6) is 1.20. The number of fused-ring (bicyclic) bond motifs is 1. The van der Waals surface area contributed by atoms with E-state index >= 15 is 0 Å². The zero-order valence-corrected chi connectivity index (χ0v) is 16.7. The monoisotopic (exact) mass is 404 g/mol. The van der Waals surface area contributed by atoms with Crippen LogP contribution in [-0.4, -0.2) is 40.3 Å². The standard InChI is InChI=1S/C22H20N4O4/c1-13-10-20(25-24-13)23-12-17-15-6-4-5-7-16(15)21(27)26(22(17)28)14-8-9-18(29-2)19(11-14)30-3/h4-12,28H,1-3H3,(H,24,25). The minimum absolute atomic E-state index is 0.234. The molecule has 4 aromatic rings. The predicted molar refractivity (Wildman–Crippen MR) is 115 cm³/mol. The summed E-state index contributed by atoms with van der Waals surface area (Å²) in [6, 6.07) is 13.8. The number of pyridine rings is 1. The number of aromatic hydroxyl groups is 1. The lowest BCUT2D eigenvalue weighted by atomic mass is 10.1. The number of nitrogens with one attached hydrogen (secondary N) is 1. The molecule has 8 nitrogen and oxygen atoms in total. The van der Waals surface area contributed by atoms with Gasteiger partial charge in [0.05, 0.1) is 25.5 Å². The second-order valence-corrected chi connectivity index (χ2v) is 6.63. The lowest BCUT2D eigenvalue weighted by molar-refractivity contribution is 0.354. The fourth-order valence-corrected chi connectivity index (χ4v) is 3.29. The van der Waals surface area contributed by atoms with E-state index < -0.39 is 0 Å². The molecule has 0 aliphatic heterocycles. The van der Waals surface area contributed by atoms with Gasteiger partial charge in [-0.05, 0) is 25.1 Å². The van der Waals surface area contributed by atoms with Crippen molar-refractivity contribution in [3.8, 4) is 23.1 Å². The molecule has 4 rings (SSSR count). The van der Waals surface area contributed by atoms with Gasteiger partial charge in [-0.25, -0.2) is 9.56 Å². The van der Waals surface area contributed by atoms with Gasteiger partial charge in [0.25, 0.3) is 5.56 Å². The quantitative estimate of drug-likeness (QED) is 0.496. The van der Waals surface area contributed by atoms with Crippen molar-refractivity contribution in [1.82, 2.24) is 14.8 Å². The maximum absolute atomic E-state index is 13.2. The van der Waals surface area contributed by atoms with Crippen molar-refractivity contribution in [3.63, 3.8) is 0 Å². The highest BCUT2D eigenvalue weighted by Crippen LogP contribution is 2.32. The Labute approximate surface area is 172 Å². The van der Waals surface area contributed by atoms with Gasteiger partial charge in [-0.1, -0.05) is 18.2 Å². The largest absolute Gasteiger partial charge is 0.494 e. The van der Waals surface area contributed by atoms with Crippen LogP contribution in [0.4, 0.5) is 5.82 Å². The summed E-state index contributed by atoms with van der Waals surface area (Å²) < 4.78 is 11.8. The van der Waals surface area contributed by atoms with Gasteiger partial charge in [-0.15, -0.1) is 0 Å². The smallest absolute Gasteiger partial charge is 0.265 e. The molecule has 152 valence electrons. The van der Waals surface area contributed by atoms with Crippen molar-refractivity contribution < 1.29 is 14.6 Å². The van der Waals surface area contributed by atoms with Crippen molar-refractivity contribution in [2.24, 2.45) is 4.99 Å². The summed E-state index contributed by atoms with van der Waals surface area (Å²) in [6.45, 7) is 1.87. The topological polar surface area (TPSA) is 102 Å². The molecule has 0 saturated heterocycles. The third-order valence-corrected chi connectivity index (χ3v) is 4.75. The van der Waals surface area contributed by atoms with Crippen molar-refractivity contribution >= 4 is 22.8 Å². The van der Waals surface area contributed by atoms with E-state index in [0.717, 1.165) is 5.69 Å². The molecule has 2 aromatic carbocycles. The Balaban J connectivity index is 1.97. The molecule has 0 saturated carbocycles. The Kier molecular flexibility index (Phi) is 4.97. The zero-order chi connectivity index (χ0) is 21.3. The third-order valence-electron chi connectivity index (χ3n) is 4.75. The number of hydrogen-bond donors (Lipinski definition) is 2. The van der Waals surface area contributed by atoms with Crippen LogP contribution >= 0.6 is 0 Å². The molecule has 2 heterocycles. The number of benzene rings is 2. The van der Waals surface area contributed by atoms with Crippen LogP contribution in [0.2, 0.25) is 0 Å². The number of H-pyrrole nitrogens is 1. The van der Waals surface area contributed by atoms with Gasteiger partial charge in [-0.3, -0.25) is 9.89 Å². The number of methoxy groups -OCH3 is 2. The Morgan fingerprint density at radius 1 is 1.07 bits per heavy atom. The lowest BCUT2D eigenvalue weighted by Gasteiger charge is -2.15. The summed E-state index contributed by atoms with van der Waals surface area (Å²) in [5.41, 5.74) is 1.35. The highest BCUT2D eigenvalue weighted by Gasteiger charge is 2.17. The Hall–Kier alpha value is -4.07. The van der Waals surface area contributed by atoms with E-state index in [0.29, 0.717) is 39.3 Å². The summed E-state index contributed by atoms with van der Waals surface area (Å²) in [6.07, 6.45) is 1.50. The van der Waals surface area contributed by atoms with E-state index in [-0.39, 0.29) is 11.4 Å². The molecule has 2 N–H and O–H groups in total. The predicted octanol–water partition coefficient (Wildman–Crippen LogP) is 3.50. The van der Waals surface area contributed by atoms with E-state index in [1.54, 1.807) is 48.5 Å². The lowest BCUT2D eigenvalue weighted by Crippen LogP contribution is -2.20. The van der Waals surface area contributed by atoms with E-state index in [9.17, 15) is 9.90 Å². The van der Waals surface area contributed by atoms with Crippen molar-refractivity contribution in [2.45, 2.75) is 6.92 Å². The fraction of sp³-hybridized carbons (Fsp3) is 0.136. The van der Waals surface area contributed by atoms with Gasteiger partial charge in [0, 0.05) is 34.8 Å². The zero-order valence-electron chi connectivity index (χ0n) is 16.7. The summed E-state index contributed by atoms with van der Waals surface area (Å²) in [4.78, 5) is 17.5. The van der Waals surface area contributed by atoms with Crippen LogP contribution in [0.15, 0.2) is 58.3 Å². The summed E-state index contributed by atoms with van der Waals surface area (Å²) in [5, 5.41) is 19.0. The molecule has 0 radical (unpaired) electrons. The van der Waals surface area contributed by atoms with Crippen molar-refractivity contribution in [3.05, 3.63) is 70.1 Å². The van der Waals surface area contributed by atoms with Crippen molar-refractivity contribution in [1.29, 1.82) is 0 Å². The minimum Gasteiger partial charge on any atom is -0.494 e. The van der Waals surface area contributed by atoms with E-state index in [1.165, 1.54) is 25.0 Å². The van der Waals surface area contributed by atoms with Gasteiger partial charge >= 0.3 is 0 Å². The number of ether oxygens (including phenoxy) is 2. The first-order chi connectivity index (χ1) is 14.5. The molecule has 0 aliphatic carbocycles. The van der Waals surface area contributed by atoms with Crippen LogP contribution in [0.5, 0.6) is 17.4 Å². The van der Waals surface area contributed by atoms with Crippen LogP contribution in [0.3, 0.4) is 0 Å². The molecule has 2 aromatic heterocycles. The average Bonchev–Trinajstić information content (AvgIpc) is 3.18. The van der Waals surface area contributed by atoms with Crippen molar-refractivity contribution in [2.75, 3.05) is 14.2 Å². The number of nitrogens with zero attached hydrogens (tertiary/aromatic N) is 3. The van der Waals surface area contributed by atoms with Crippen LogP contribution in [0, 0.1) is 6.92 Å². The van der Waals surface area contributed by atoms with Crippen LogP contribution < -0.4 is 15.0 Å². The summed E-state index contributed by atoms with van der Waals surface area (Å²) >= 11 is 0. The molecule has 0 atom stereocenters. The number of hydrogen-bond acceptors (Lipinski definition) is 6. The molecular formula is C22H20N4O4. The number of aryl methyl sites for hydroxylation is 1. The first-order valence-electron chi connectivity index (χ1n) is 9.18. The normalized spacial score (nSPS) is 11.3. The van der Waals surface area contributed by atoms with Gasteiger partial charge in [0.1, 0.15) is 0 Å². The molecule has 0 amide bonds. The first kappa shape index (κ1) is 19.3. The van der Waals surface area contributed by atoms with Crippen LogP contribution in [0.1, 0.15) is 11.3 Å². The highest BCUT2D eigenvalue weighted by atomic mass is 16.5. The van der Waals surface area contributed by atoms with Crippen LogP contribution in [0.25, 0.3) is 16.5 Å². The second kappa shape index (κ2) is 7.75. The Morgan fingerprint density at radius 2 is 1.80 bits per heavy atom. The number of rotatable bonds is 5. The molecule has 8 heteroatoms. The molecule has 0 bridgehead atoms. The second-order valence-electron chi connectivity index (χ2n) is 6.63. The molecule has 0 fully saturated rings. The van der Waals surface area contributed by atoms with E-state index in [2.05, 4.69) is 15.2 Å². The van der Waals surface area contributed by atoms with Gasteiger partial charge in [0.15, 0.2) is 17.3 Å². The average molecular weight is 404 g/mol. The number of aliphatic imine (C=N–C) groups is 1. The van der Waals surface area contributed by atoms with Gasteiger partial charge in [-0.2, -0.15) is 5.10 Å². The highest BCUT2D eigenvalue weighted by molar-refractivity contribution is 6.02. The van der Waals surface area contributed by atoms with Gasteiger partial charge < -0.3 is 14.6 Å². The Morgan fingerprint density at radius 3 is 2.47 bits per heavy atom. The molecule has 0 unspecified atom stereocenters. The maximum atomic E-state index is 13.2. The molecular weight excluding hydrogens is 384 g/mol. The van der Waals surface area contributed by atoms with Crippen LogP contribution in [-0.2, 0) is 0 Å². The number of aromatic nitrogens is 3. The fourth-order valence-electron chi connectivity index (χ4n) is 3.29. The molecule has 30 heavy (non-hydrogen) atoms. The first-order valence-corrected chi connectivity index (χ1v) is 9.18. The van der Waals surface area contributed by atoms with E-state index in [4.69, 9.17) is 9.47 Å². The SMILES string of the molecule is COc1ccc(-n2c(O)c(C=Nc3cc(C)[nH]n3)c3ccccc3c2=O)cc1OC. The number of aromatic amines is 1. The Bertz CT molecular complexity index is 1320. The van der Waals surface area contributed by atoms with Gasteiger partial charge in [0.2, 0.25) is 5.88 Å². The van der Waals surface area contributed by atoms with E-state index in [1.807, 2.05) is 6.92 Å². The third kappa shape index (κ3) is 3.28. The summed E-state index contributed by atoms with van der Waals surface area (Å²) in [7, 11) is 3.04. The molecule has 0 spiro atoms. The minimum atomic E-state index is -0.358. The maximum Gasteiger partial charge on any atom is 0.265 e.